The zero-order chi connectivity index (χ0) is 21.8. The van der Waals surface area contributed by atoms with Crippen molar-refractivity contribution in [3.63, 3.8) is 0 Å². The van der Waals surface area contributed by atoms with Crippen LogP contribution in [0, 0.1) is 35.3 Å². The molecule has 3 rings (SSSR count). The molecule has 3 aromatic rings. The summed E-state index contributed by atoms with van der Waals surface area (Å²) in [4.78, 5) is 25.4. The third-order valence-corrected chi connectivity index (χ3v) is 4.70. The largest absolute Gasteiger partial charge is 0.339 e. The SMILES string of the molecule is Cc1cc(C)n(N=Cc2ccc(N(C)c3ccccc3)c([N+](=O)[O-])c2)c(=O)c1C#N. The van der Waals surface area contributed by atoms with Gasteiger partial charge in [-0.1, -0.05) is 24.3 Å². The topological polar surface area (TPSA) is 105 Å². The Morgan fingerprint density at radius 2 is 1.87 bits per heavy atom. The van der Waals surface area contributed by atoms with Crippen molar-refractivity contribution in [3.05, 3.63) is 97.4 Å². The van der Waals surface area contributed by atoms with Gasteiger partial charge in [0.15, 0.2) is 0 Å². The number of hydrogen-bond donors (Lipinski definition) is 0. The first-order valence-corrected chi connectivity index (χ1v) is 9.08. The van der Waals surface area contributed by atoms with Crippen LogP contribution in [0.3, 0.4) is 0 Å². The molecule has 2 aromatic carbocycles. The van der Waals surface area contributed by atoms with Gasteiger partial charge in [-0.2, -0.15) is 10.4 Å². The summed E-state index contributed by atoms with van der Waals surface area (Å²) in [5.41, 5.74) is 2.24. The van der Waals surface area contributed by atoms with E-state index in [1.165, 1.54) is 12.3 Å². The van der Waals surface area contributed by atoms with E-state index in [9.17, 15) is 20.2 Å². The predicted molar refractivity (Wildman–Crippen MR) is 115 cm³/mol. The molecule has 150 valence electrons. The number of aromatic nitrogens is 1. The standard InChI is InChI=1S/C22H19N5O3/c1-15-11-16(2)26(22(28)19(15)13-23)24-14-17-9-10-20(21(12-17)27(29)30)25(3)18-7-5-4-6-8-18/h4-12,14H,1-3H3. The van der Waals surface area contributed by atoms with E-state index < -0.39 is 10.5 Å². The van der Waals surface area contributed by atoms with Gasteiger partial charge in [-0.05, 0) is 43.7 Å². The lowest BCUT2D eigenvalue weighted by atomic mass is 10.1. The molecular formula is C22H19N5O3. The van der Waals surface area contributed by atoms with E-state index in [4.69, 9.17) is 0 Å². The quantitative estimate of drug-likeness (QED) is 0.366. The van der Waals surface area contributed by atoms with E-state index in [0.29, 0.717) is 22.5 Å². The highest BCUT2D eigenvalue weighted by Crippen LogP contribution is 2.32. The van der Waals surface area contributed by atoms with E-state index in [0.717, 1.165) is 10.4 Å². The minimum Gasteiger partial charge on any atom is -0.339 e. The van der Waals surface area contributed by atoms with Crippen LogP contribution in [-0.2, 0) is 0 Å². The van der Waals surface area contributed by atoms with Gasteiger partial charge in [0.2, 0.25) is 0 Å². The van der Waals surface area contributed by atoms with Crippen molar-refractivity contribution in [2.75, 3.05) is 11.9 Å². The summed E-state index contributed by atoms with van der Waals surface area (Å²) in [6, 6.07) is 17.6. The number of aryl methyl sites for hydroxylation is 2. The lowest BCUT2D eigenvalue weighted by molar-refractivity contribution is -0.384. The Hall–Kier alpha value is -4.25. The molecule has 0 fully saturated rings. The zero-order valence-corrected chi connectivity index (χ0v) is 16.7. The predicted octanol–water partition coefficient (Wildman–Crippen LogP) is 3.90. The fourth-order valence-corrected chi connectivity index (χ4v) is 3.13. The fraction of sp³-hybridized carbons (Fsp3) is 0.136. The molecule has 0 saturated heterocycles. The molecule has 0 aliphatic rings. The molecule has 0 saturated carbocycles. The van der Waals surface area contributed by atoms with Gasteiger partial charge in [-0.25, -0.2) is 4.68 Å². The van der Waals surface area contributed by atoms with Crippen LogP contribution in [0.15, 0.2) is 64.5 Å². The smallest absolute Gasteiger partial charge is 0.293 e. The van der Waals surface area contributed by atoms with E-state index in [-0.39, 0.29) is 11.3 Å². The van der Waals surface area contributed by atoms with Crippen LogP contribution in [-0.4, -0.2) is 22.9 Å². The van der Waals surface area contributed by atoms with Gasteiger partial charge in [-0.3, -0.25) is 14.9 Å². The number of nitro benzene ring substituents is 1. The van der Waals surface area contributed by atoms with Crippen LogP contribution in [0.2, 0.25) is 0 Å². The summed E-state index contributed by atoms with van der Waals surface area (Å²) in [6.45, 7) is 3.39. The maximum absolute atomic E-state index is 12.5. The highest BCUT2D eigenvalue weighted by atomic mass is 16.6. The number of pyridine rings is 1. The van der Waals surface area contributed by atoms with Crippen molar-refractivity contribution in [1.82, 2.24) is 4.68 Å². The molecule has 8 nitrogen and oxygen atoms in total. The second kappa shape index (κ2) is 8.41. The molecule has 0 radical (unpaired) electrons. The van der Waals surface area contributed by atoms with Crippen molar-refractivity contribution < 1.29 is 4.92 Å². The van der Waals surface area contributed by atoms with Crippen molar-refractivity contribution in [1.29, 1.82) is 5.26 Å². The molecule has 30 heavy (non-hydrogen) atoms. The first-order chi connectivity index (χ1) is 14.3. The molecule has 8 heteroatoms. The Bertz CT molecular complexity index is 1240. The molecule has 0 N–H and O–H groups in total. The monoisotopic (exact) mass is 401 g/mol. The Morgan fingerprint density at radius 3 is 2.50 bits per heavy atom. The number of nitriles is 1. The van der Waals surface area contributed by atoms with Gasteiger partial charge in [-0.15, -0.1) is 0 Å². The minimum atomic E-state index is -0.527. The van der Waals surface area contributed by atoms with Crippen LogP contribution in [0.4, 0.5) is 17.1 Å². The van der Waals surface area contributed by atoms with Crippen LogP contribution in [0.25, 0.3) is 0 Å². The average molecular weight is 401 g/mol. The summed E-state index contributed by atoms with van der Waals surface area (Å²) < 4.78 is 1.11. The Balaban J connectivity index is 2.02. The summed E-state index contributed by atoms with van der Waals surface area (Å²) in [5, 5.41) is 25.0. The van der Waals surface area contributed by atoms with E-state index in [1.54, 1.807) is 44.0 Å². The second-order valence-electron chi connectivity index (χ2n) is 6.72. The third kappa shape index (κ3) is 3.95. The third-order valence-electron chi connectivity index (χ3n) is 4.70. The lowest BCUT2D eigenvalue weighted by Gasteiger charge is -2.19. The van der Waals surface area contributed by atoms with Crippen LogP contribution in [0.1, 0.15) is 22.4 Å². The van der Waals surface area contributed by atoms with Crippen molar-refractivity contribution in [2.45, 2.75) is 13.8 Å². The maximum Gasteiger partial charge on any atom is 0.293 e. The molecule has 1 heterocycles. The average Bonchev–Trinajstić information content (AvgIpc) is 2.73. The summed E-state index contributed by atoms with van der Waals surface area (Å²) in [7, 11) is 1.75. The van der Waals surface area contributed by atoms with Gasteiger partial charge in [0, 0.05) is 30.1 Å². The molecule has 0 aliphatic carbocycles. The molecular weight excluding hydrogens is 382 g/mol. The number of nitro groups is 1. The van der Waals surface area contributed by atoms with E-state index in [1.807, 2.05) is 36.4 Å². The van der Waals surface area contributed by atoms with E-state index >= 15 is 0 Å². The van der Waals surface area contributed by atoms with Crippen molar-refractivity contribution in [2.24, 2.45) is 5.10 Å². The number of rotatable bonds is 5. The van der Waals surface area contributed by atoms with E-state index in [2.05, 4.69) is 5.10 Å². The Morgan fingerprint density at radius 1 is 1.17 bits per heavy atom. The summed E-state index contributed by atoms with van der Waals surface area (Å²) in [5.74, 6) is 0. The summed E-state index contributed by atoms with van der Waals surface area (Å²) in [6.07, 6.45) is 1.37. The number of nitrogens with zero attached hydrogens (tertiary/aromatic N) is 5. The first-order valence-electron chi connectivity index (χ1n) is 9.08. The zero-order valence-electron chi connectivity index (χ0n) is 16.7. The van der Waals surface area contributed by atoms with Crippen molar-refractivity contribution in [3.8, 4) is 6.07 Å². The molecule has 1 aromatic heterocycles. The highest BCUT2D eigenvalue weighted by Gasteiger charge is 2.18. The maximum atomic E-state index is 12.5. The van der Waals surface area contributed by atoms with Gasteiger partial charge < -0.3 is 4.90 Å². The van der Waals surface area contributed by atoms with Crippen LogP contribution >= 0.6 is 0 Å². The lowest BCUT2D eigenvalue weighted by Crippen LogP contribution is -2.22. The number of anilines is 2. The minimum absolute atomic E-state index is 0.0172. The molecule has 0 spiro atoms. The highest BCUT2D eigenvalue weighted by molar-refractivity contribution is 5.84. The van der Waals surface area contributed by atoms with Gasteiger partial charge in [0.1, 0.15) is 17.3 Å². The second-order valence-corrected chi connectivity index (χ2v) is 6.72. The molecule has 0 bridgehead atoms. The molecule has 0 atom stereocenters. The molecule has 0 unspecified atom stereocenters. The molecule has 0 aliphatic heterocycles. The van der Waals surface area contributed by atoms with Gasteiger partial charge in [0.25, 0.3) is 11.2 Å². The molecule has 0 amide bonds. The summed E-state index contributed by atoms with van der Waals surface area (Å²) >= 11 is 0. The Kier molecular flexibility index (Phi) is 5.74. The van der Waals surface area contributed by atoms with Gasteiger partial charge in [0.05, 0.1) is 11.1 Å². The number of hydrogen-bond acceptors (Lipinski definition) is 6. The number of para-hydroxylation sites is 1. The number of benzene rings is 2. The van der Waals surface area contributed by atoms with Crippen molar-refractivity contribution >= 4 is 23.3 Å². The van der Waals surface area contributed by atoms with Gasteiger partial charge >= 0.3 is 0 Å². The Labute approximate surface area is 173 Å². The van der Waals surface area contributed by atoms with Crippen LogP contribution < -0.4 is 10.5 Å². The normalized spacial score (nSPS) is 10.7. The first kappa shape index (κ1) is 20.5. The fourth-order valence-electron chi connectivity index (χ4n) is 3.13. The van der Waals surface area contributed by atoms with Crippen LogP contribution in [0.5, 0.6) is 0 Å².